The summed E-state index contributed by atoms with van der Waals surface area (Å²) >= 11 is 1.47. The molecule has 0 aliphatic heterocycles. The van der Waals surface area contributed by atoms with Gasteiger partial charge in [0.25, 0.3) is 5.91 Å². The van der Waals surface area contributed by atoms with E-state index < -0.39 is 5.60 Å². The summed E-state index contributed by atoms with van der Waals surface area (Å²) in [6.07, 6.45) is 4.71. The zero-order valence-corrected chi connectivity index (χ0v) is 21.4. The molecule has 0 aliphatic carbocycles. The zero-order valence-electron chi connectivity index (χ0n) is 20.6. The van der Waals surface area contributed by atoms with Gasteiger partial charge in [-0.15, -0.1) is 11.3 Å². The highest BCUT2D eigenvalue weighted by Gasteiger charge is 2.16. The lowest BCUT2D eigenvalue weighted by Gasteiger charge is -2.19. The largest absolute Gasteiger partial charge is 0.444 e. The fourth-order valence-electron chi connectivity index (χ4n) is 3.06. The van der Waals surface area contributed by atoms with Gasteiger partial charge in [0.2, 0.25) is 0 Å². The minimum Gasteiger partial charge on any atom is -0.444 e. The molecule has 8 nitrogen and oxygen atoms in total. The Morgan fingerprint density at radius 1 is 0.970 bits per heavy atom. The molecule has 0 saturated carbocycles. The third kappa shape index (κ3) is 9.77. The van der Waals surface area contributed by atoms with Crippen molar-refractivity contribution >= 4 is 34.3 Å². The highest BCUT2D eigenvalue weighted by Crippen LogP contribution is 2.23. The molecular formula is C24H37N5O3S. The number of pyridine rings is 1. The third-order valence-electron chi connectivity index (χ3n) is 4.84. The lowest BCUT2D eigenvalue weighted by molar-refractivity contribution is 0.0526. The van der Waals surface area contributed by atoms with E-state index in [1.54, 1.807) is 6.07 Å². The number of nitrogens with zero attached hydrogens (tertiary/aromatic N) is 2. The van der Waals surface area contributed by atoms with Crippen LogP contribution in [0.2, 0.25) is 0 Å². The molecule has 0 atom stereocenters. The Morgan fingerprint density at radius 2 is 1.64 bits per heavy atom. The van der Waals surface area contributed by atoms with E-state index in [4.69, 9.17) is 4.74 Å². The van der Waals surface area contributed by atoms with Crippen molar-refractivity contribution in [1.82, 2.24) is 15.3 Å². The van der Waals surface area contributed by atoms with Gasteiger partial charge >= 0.3 is 6.09 Å². The second kappa shape index (κ2) is 12.5. The van der Waals surface area contributed by atoms with Crippen LogP contribution in [0.5, 0.6) is 0 Å². The number of thiazole rings is 1. The lowest BCUT2D eigenvalue weighted by atomic mass is 10.1. The quantitative estimate of drug-likeness (QED) is 0.365. The second-order valence-electron chi connectivity index (χ2n) is 9.09. The van der Waals surface area contributed by atoms with Crippen LogP contribution in [0.3, 0.4) is 0 Å². The molecule has 33 heavy (non-hydrogen) atoms. The summed E-state index contributed by atoms with van der Waals surface area (Å²) in [6, 6.07) is 3.63. The molecule has 2 rings (SSSR count). The van der Waals surface area contributed by atoms with E-state index in [2.05, 4.69) is 25.9 Å². The second-order valence-corrected chi connectivity index (χ2v) is 10.3. The number of aryl methyl sites for hydroxylation is 3. The van der Waals surface area contributed by atoms with Gasteiger partial charge in [0.15, 0.2) is 5.13 Å². The molecule has 0 spiro atoms. The van der Waals surface area contributed by atoms with Crippen molar-refractivity contribution in [3.05, 3.63) is 34.0 Å². The van der Waals surface area contributed by atoms with Crippen molar-refractivity contribution in [3.63, 3.8) is 0 Å². The number of carbonyl (C=O) groups excluding carboxylic acids is 2. The number of anilines is 2. The molecule has 0 fully saturated rings. The fourth-order valence-corrected chi connectivity index (χ4v) is 3.87. The lowest BCUT2D eigenvalue weighted by Crippen LogP contribution is -2.32. The summed E-state index contributed by atoms with van der Waals surface area (Å²) in [5.74, 6) is 0.385. The Labute approximate surface area is 200 Å². The van der Waals surface area contributed by atoms with Crippen molar-refractivity contribution < 1.29 is 14.3 Å². The van der Waals surface area contributed by atoms with Gasteiger partial charge in [0.1, 0.15) is 11.4 Å². The minimum absolute atomic E-state index is 0.212. The van der Waals surface area contributed by atoms with Crippen LogP contribution in [0.1, 0.15) is 79.5 Å². The number of alkyl carbamates (subject to hydrolysis) is 1. The Morgan fingerprint density at radius 3 is 2.27 bits per heavy atom. The average molecular weight is 476 g/mol. The maximum Gasteiger partial charge on any atom is 0.407 e. The summed E-state index contributed by atoms with van der Waals surface area (Å²) in [4.78, 5) is 34.4. The number of carbonyl (C=O) groups is 2. The van der Waals surface area contributed by atoms with Crippen LogP contribution < -0.4 is 16.0 Å². The number of hydrogen-bond donors (Lipinski definition) is 3. The molecule has 0 saturated heterocycles. The predicted octanol–water partition coefficient (Wildman–Crippen LogP) is 5.60. The van der Waals surface area contributed by atoms with Crippen molar-refractivity contribution in [2.24, 2.45) is 0 Å². The summed E-state index contributed by atoms with van der Waals surface area (Å²) in [5, 5.41) is 9.58. The predicted molar refractivity (Wildman–Crippen MR) is 134 cm³/mol. The number of unbranched alkanes of at least 4 members (excludes halogenated alkanes) is 4. The summed E-state index contributed by atoms with van der Waals surface area (Å²) < 4.78 is 5.22. The van der Waals surface area contributed by atoms with Gasteiger partial charge in [0, 0.05) is 23.7 Å². The molecule has 9 heteroatoms. The van der Waals surface area contributed by atoms with Gasteiger partial charge in [-0.05, 0) is 66.5 Å². The maximum absolute atomic E-state index is 12.8. The standard InChI is InChI=1S/C24H37N5O3S/c1-16-12-13-19(21(30)29-22-28-17(2)18(3)33-22)20(27-16)25-14-10-8-7-9-11-15-26-23(31)32-24(4,5)6/h12-13H,7-11,14-15H2,1-6H3,(H,25,27)(H,26,31)(H,28,29,30). The number of ether oxygens (including phenoxy) is 1. The molecule has 182 valence electrons. The first-order chi connectivity index (χ1) is 15.5. The molecule has 0 bridgehead atoms. The van der Waals surface area contributed by atoms with Crippen LogP contribution in [0, 0.1) is 20.8 Å². The van der Waals surface area contributed by atoms with Gasteiger partial charge in [0.05, 0.1) is 11.3 Å². The number of hydrogen-bond acceptors (Lipinski definition) is 7. The molecule has 3 N–H and O–H groups in total. The van der Waals surface area contributed by atoms with Gasteiger partial charge in [-0.2, -0.15) is 0 Å². The first-order valence-electron chi connectivity index (χ1n) is 11.5. The van der Waals surface area contributed by atoms with Gasteiger partial charge in [-0.3, -0.25) is 10.1 Å². The molecule has 2 heterocycles. The van der Waals surface area contributed by atoms with Crippen LogP contribution in [-0.2, 0) is 4.74 Å². The zero-order chi connectivity index (χ0) is 24.4. The topological polar surface area (TPSA) is 105 Å². The van der Waals surface area contributed by atoms with Crippen LogP contribution in [-0.4, -0.2) is 40.7 Å². The molecule has 2 amide bonds. The Kier molecular flexibility index (Phi) is 10.1. The number of rotatable bonds is 11. The molecule has 0 aliphatic rings. The average Bonchev–Trinajstić information content (AvgIpc) is 3.02. The van der Waals surface area contributed by atoms with E-state index in [1.807, 2.05) is 47.6 Å². The Balaban J connectivity index is 1.70. The van der Waals surface area contributed by atoms with Gasteiger partial charge in [-0.25, -0.2) is 14.8 Å². The van der Waals surface area contributed by atoms with Crippen LogP contribution in [0.4, 0.5) is 15.7 Å². The van der Waals surface area contributed by atoms with Crippen LogP contribution >= 0.6 is 11.3 Å². The van der Waals surface area contributed by atoms with Crippen molar-refractivity contribution in [2.75, 3.05) is 23.7 Å². The summed E-state index contributed by atoms with van der Waals surface area (Å²) in [5.41, 5.74) is 1.82. The molecule has 0 aromatic carbocycles. The summed E-state index contributed by atoms with van der Waals surface area (Å²) in [7, 11) is 0. The number of amides is 2. The maximum atomic E-state index is 12.8. The van der Waals surface area contributed by atoms with Gasteiger partial charge in [-0.1, -0.05) is 19.3 Å². The first-order valence-corrected chi connectivity index (χ1v) is 12.3. The van der Waals surface area contributed by atoms with E-state index in [0.29, 0.717) is 23.1 Å². The smallest absolute Gasteiger partial charge is 0.407 e. The van der Waals surface area contributed by atoms with Crippen molar-refractivity contribution in [3.8, 4) is 0 Å². The van der Waals surface area contributed by atoms with Crippen LogP contribution in [0.25, 0.3) is 0 Å². The highest BCUT2D eigenvalue weighted by atomic mass is 32.1. The highest BCUT2D eigenvalue weighted by molar-refractivity contribution is 7.15. The Bertz CT molecular complexity index is 917. The van der Waals surface area contributed by atoms with E-state index >= 15 is 0 Å². The molecule has 2 aromatic heterocycles. The first kappa shape index (κ1) is 26.6. The van der Waals surface area contributed by atoms with Crippen LogP contribution in [0.15, 0.2) is 12.1 Å². The van der Waals surface area contributed by atoms with Crippen molar-refractivity contribution in [2.45, 2.75) is 79.2 Å². The molecule has 0 unspecified atom stereocenters. The monoisotopic (exact) mass is 475 g/mol. The van der Waals surface area contributed by atoms with E-state index in [0.717, 1.165) is 54.9 Å². The molecule has 2 aromatic rings. The number of nitrogens with one attached hydrogen (secondary N) is 3. The normalized spacial score (nSPS) is 11.2. The van der Waals surface area contributed by atoms with E-state index in [1.165, 1.54) is 11.3 Å². The minimum atomic E-state index is -0.470. The summed E-state index contributed by atoms with van der Waals surface area (Å²) in [6.45, 7) is 12.7. The van der Waals surface area contributed by atoms with E-state index in [-0.39, 0.29) is 12.0 Å². The number of aromatic nitrogens is 2. The molecular weight excluding hydrogens is 438 g/mol. The Hall–Kier alpha value is -2.68. The van der Waals surface area contributed by atoms with Crippen molar-refractivity contribution in [1.29, 1.82) is 0 Å². The molecule has 0 radical (unpaired) electrons. The fraction of sp³-hybridized carbons (Fsp3) is 0.583. The van der Waals surface area contributed by atoms with E-state index in [9.17, 15) is 9.59 Å². The third-order valence-corrected chi connectivity index (χ3v) is 5.83. The SMILES string of the molecule is Cc1ccc(C(=O)Nc2nc(C)c(C)s2)c(NCCCCCCCNC(=O)OC(C)(C)C)n1. The van der Waals surface area contributed by atoms with Gasteiger partial charge < -0.3 is 15.4 Å².